The first-order valence-electron chi connectivity index (χ1n) is 9.30. The van der Waals surface area contributed by atoms with Gasteiger partial charge in [-0.3, -0.25) is 4.79 Å². The lowest BCUT2D eigenvalue weighted by Gasteiger charge is -2.26. The number of nitrogens with one attached hydrogen (secondary N) is 1. The summed E-state index contributed by atoms with van der Waals surface area (Å²) in [6.45, 7) is 11.9. The summed E-state index contributed by atoms with van der Waals surface area (Å²) in [4.78, 5) is 14.8. The zero-order chi connectivity index (χ0) is 18.7. The number of methoxy groups -OCH3 is 1. The van der Waals surface area contributed by atoms with Crippen molar-refractivity contribution in [1.82, 2.24) is 4.90 Å². The Labute approximate surface area is 152 Å². The fourth-order valence-corrected chi connectivity index (χ4v) is 2.55. The van der Waals surface area contributed by atoms with Crippen LogP contribution < -0.4 is 10.1 Å². The molecule has 1 atom stereocenters. The molecule has 0 saturated heterocycles. The number of hydrogen-bond donors (Lipinski definition) is 1. The summed E-state index contributed by atoms with van der Waals surface area (Å²) in [5.41, 5.74) is -0.0459. The standard InChI is InChI=1S/C20H34N2O3/c1-6-9-14-20(4,24-5)19(23)21-17-10-12-18(13-11-17)25-16-15-22(7-2)8-3/h10-13H,6-9,14-16H2,1-5H3,(H,21,23). The van der Waals surface area contributed by atoms with E-state index >= 15 is 0 Å². The molecular weight excluding hydrogens is 316 g/mol. The molecule has 0 spiro atoms. The van der Waals surface area contributed by atoms with Crippen LogP contribution in [0.4, 0.5) is 5.69 Å². The fraction of sp³-hybridized carbons (Fsp3) is 0.650. The summed E-state index contributed by atoms with van der Waals surface area (Å²) >= 11 is 0. The van der Waals surface area contributed by atoms with Crippen LogP contribution >= 0.6 is 0 Å². The minimum absolute atomic E-state index is 0.112. The maximum absolute atomic E-state index is 12.5. The normalized spacial score (nSPS) is 13.5. The zero-order valence-electron chi connectivity index (χ0n) is 16.4. The van der Waals surface area contributed by atoms with E-state index in [2.05, 4.69) is 31.0 Å². The van der Waals surface area contributed by atoms with E-state index < -0.39 is 5.60 Å². The van der Waals surface area contributed by atoms with Gasteiger partial charge in [0, 0.05) is 19.3 Å². The van der Waals surface area contributed by atoms with Crippen molar-refractivity contribution in [3.05, 3.63) is 24.3 Å². The molecule has 0 saturated carbocycles. The molecule has 1 aromatic rings. The third kappa shape index (κ3) is 7.04. The average Bonchev–Trinajstić information content (AvgIpc) is 2.64. The summed E-state index contributed by atoms with van der Waals surface area (Å²) in [5.74, 6) is 0.698. The van der Waals surface area contributed by atoms with Gasteiger partial charge in [-0.1, -0.05) is 33.6 Å². The lowest BCUT2D eigenvalue weighted by atomic mass is 9.97. The van der Waals surface area contributed by atoms with Gasteiger partial charge >= 0.3 is 0 Å². The van der Waals surface area contributed by atoms with Crippen LogP contribution in [0.5, 0.6) is 5.75 Å². The molecule has 0 aliphatic heterocycles. The Balaban J connectivity index is 2.54. The molecule has 0 bridgehead atoms. The molecule has 1 unspecified atom stereocenters. The van der Waals surface area contributed by atoms with Crippen molar-refractivity contribution >= 4 is 11.6 Å². The molecule has 142 valence electrons. The van der Waals surface area contributed by atoms with Gasteiger partial charge < -0.3 is 19.7 Å². The van der Waals surface area contributed by atoms with E-state index in [4.69, 9.17) is 9.47 Å². The molecule has 0 aliphatic rings. The number of ether oxygens (including phenoxy) is 2. The number of carbonyl (C=O) groups is 1. The van der Waals surface area contributed by atoms with Crippen molar-refractivity contribution < 1.29 is 14.3 Å². The monoisotopic (exact) mass is 350 g/mol. The molecule has 0 radical (unpaired) electrons. The van der Waals surface area contributed by atoms with Gasteiger partial charge in [-0.15, -0.1) is 0 Å². The number of carbonyl (C=O) groups excluding carboxylic acids is 1. The Morgan fingerprint density at radius 2 is 1.80 bits per heavy atom. The van der Waals surface area contributed by atoms with Crippen molar-refractivity contribution in [1.29, 1.82) is 0 Å². The molecule has 1 amide bonds. The summed E-state index contributed by atoms with van der Waals surface area (Å²) < 4.78 is 11.2. The summed E-state index contributed by atoms with van der Waals surface area (Å²) in [6.07, 6.45) is 2.70. The molecule has 5 heteroatoms. The number of benzene rings is 1. The van der Waals surface area contributed by atoms with E-state index in [1.54, 1.807) is 7.11 Å². The van der Waals surface area contributed by atoms with E-state index in [0.29, 0.717) is 13.0 Å². The molecule has 1 aromatic carbocycles. The van der Waals surface area contributed by atoms with Crippen LogP contribution in [0.1, 0.15) is 47.0 Å². The maximum atomic E-state index is 12.5. The highest BCUT2D eigenvalue weighted by Crippen LogP contribution is 2.22. The number of amides is 1. The number of hydrogen-bond acceptors (Lipinski definition) is 4. The molecule has 0 aliphatic carbocycles. The quantitative estimate of drug-likeness (QED) is 0.620. The highest BCUT2D eigenvalue weighted by Gasteiger charge is 2.32. The smallest absolute Gasteiger partial charge is 0.256 e. The van der Waals surface area contributed by atoms with Crippen molar-refractivity contribution in [2.45, 2.75) is 52.6 Å². The Kier molecular flexibility index (Phi) is 9.53. The number of likely N-dealkylation sites (N-methyl/N-ethyl adjacent to an activating group) is 1. The number of anilines is 1. The Morgan fingerprint density at radius 1 is 1.16 bits per heavy atom. The van der Waals surface area contributed by atoms with E-state index in [0.717, 1.165) is 43.9 Å². The largest absolute Gasteiger partial charge is 0.492 e. The zero-order valence-corrected chi connectivity index (χ0v) is 16.4. The first kappa shape index (κ1) is 21.5. The Morgan fingerprint density at radius 3 is 2.32 bits per heavy atom. The Hall–Kier alpha value is -1.59. The topological polar surface area (TPSA) is 50.8 Å². The molecule has 1 rings (SSSR count). The molecule has 0 fully saturated rings. The first-order valence-corrected chi connectivity index (χ1v) is 9.30. The summed E-state index contributed by atoms with van der Waals surface area (Å²) in [5, 5.41) is 2.93. The highest BCUT2D eigenvalue weighted by molar-refractivity contribution is 5.97. The van der Waals surface area contributed by atoms with Crippen molar-refractivity contribution in [2.75, 3.05) is 38.7 Å². The van der Waals surface area contributed by atoms with Crippen LogP contribution in [-0.2, 0) is 9.53 Å². The molecule has 0 heterocycles. The predicted molar refractivity (Wildman–Crippen MR) is 103 cm³/mol. The van der Waals surface area contributed by atoms with Crippen LogP contribution in [0.15, 0.2) is 24.3 Å². The summed E-state index contributed by atoms with van der Waals surface area (Å²) in [7, 11) is 1.59. The number of nitrogens with zero attached hydrogens (tertiary/aromatic N) is 1. The third-order valence-electron chi connectivity index (χ3n) is 4.62. The van der Waals surface area contributed by atoms with Gasteiger partial charge in [-0.05, 0) is 50.7 Å². The SMILES string of the molecule is CCCCC(C)(OC)C(=O)Nc1ccc(OCCN(CC)CC)cc1. The van der Waals surface area contributed by atoms with Crippen LogP contribution in [0, 0.1) is 0 Å². The van der Waals surface area contributed by atoms with E-state index in [1.165, 1.54) is 0 Å². The van der Waals surface area contributed by atoms with Crippen LogP contribution in [0.2, 0.25) is 0 Å². The molecule has 5 nitrogen and oxygen atoms in total. The van der Waals surface area contributed by atoms with E-state index in [1.807, 2.05) is 31.2 Å². The van der Waals surface area contributed by atoms with Gasteiger partial charge in [0.25, 0.3) is 5.91 Å². The lowest BCUT2D eigenvalue weighted by Crippen LogP contribution is -2.41. The van der Waals surface area contributed by atoms with Gasteiger partial charge in [0.1, 0.15) is 18.0 Å². The second kappa shape index (κ2) is 11.1. The second-order valence-corrected chi connectivity index (χ2v) is 6.39. The lowest BCUT2D eigenvalue weighted by molar-refractivity contribution is -0.136. The molecule has 1 N–H and O–H groups in total. The van der Waals surface area contributed by atoms with Gasteiger partial charge in [0.15, 0.2) is 0 Å². The van der Waals surface area contributed by atoms with E-state index in [-0.39, 0.29) is 5.91 Å². The predicted octanol–water partition coefficient (Wildman–Crippen LogP) is 3.94. The van der Waals surface area contributed by atoms with Crippen molar-refractivity contribution in [2.24, 2.45) is 0 Å². The molecule has 0 aromatic heterocycles. The number of unbranched alkanes of at least 4 members (excludes halogenated alkanes) is 1. The van der Waals surface area contributed by atoms with Crippen LogP contribution in [0.25, 0.3) is 0 Å². The van der Waals surface area contributed by atoms with Crippen LogP contribution in [-0.4, -0.2) is 49.8 Å². The van der Waals surface area contributed by atoms with E-state index in [9.17, 15) is 4.79 Å². The Bertz CT molecular complexity index is 500. The van der Waals surface area contributed by atoms with Gasteiger partial charge in [-0.25, -0.2) is 0 Å². The summed E-state index contributed by atoms with van der Waals surface area (Å²) in [6, 6.07) is 7.49. The minimum Gasteiger partial charge on any atom is -0.492 e. The first-order chi connectivity index (χ1) is 12.0. The third-order valence-corrected chi connectivity index (χ3v) is 4.62. The minimum atomic E-state index is -0.797. The second-order valence-electron chi connectivity index (χ2n) is 6.39. The van der Waals surface area contributed by atoms with Crippen molar-refractivity contribution in [3.8, 4) is 5.75 Å². The molecule has 25 heavy (non-hydrogen) atoms. The molecular formula is C20H34N2O3. The maximum Gasteiger partial charge on any atom is 0.256 e. The highest BCUT2D eigenvalue weighted by atomic mass is 16.5. The fourth-order valence-electron chi connectivity index (χ4n) is 2.55. The van der Waals surface area contributed by atoms with Crippen LogP contribution in [0.3, 0.4) is 0 Å². The van der Waals surface area contributed by atoms with Crippen molar-refractivity contribution in [3.63, 3.8) is 0 Å². The number of rotatable bonds is 12. The van der Waals surface area contributed by atoms with Gasteiger partial charge in [-0.2, -0.15) is 0 Å². The average molecular weight is 351 g/mol. The van der Waals surface area contributed by atoms with Gasteiger partial charge in [0.2, 0.25) is 0 Å². The van der Waals surface area contributed by atoms with Gasteiger partial charge in [0.05, 0.1) is 0 Å².